The van der Waals surface area contributed by atoms with Gasteiger partial charge in [-0.15, -0.1) is 6.58 Å². The third kappa shape index (κ3) is 3.85. The fraction of sp³-hybridized carbons (Fsp3) is 0.158. The number of hydrogen-bond donors (Lipinski definition) is 0. The average molecular weight is 356 g/mol. The van der Waals surface area contributed by atoms with Gasteiger partial charge in [0.1, 0.15) is 11.6 Å². The summed E-state index contributed by atoms with van der Waals surface area (Å²) in [5.74, 6) is -0.0585. The van der Waals surface area contributed by atoms with Crippen LogP contribution in [0.1, 0.15) is 5.56 Å². The summed E-state index contributed by atoms with van der Waals surface area (Å²) in [6.07, 6.45) is 1.71. The molecular formula is C19H17FN2O2S. The van der Waals surface area contributed by atoms with Gasteiger partial charge < -0.3 is 9.30 Å². The van der Waals surface area contributed by atoms with Gasteiger partial charge in [0.2, 0.25) is 0 Å². The molecule has 2 aromatic carbocycles. The summed E-state index contributed by atoms with van der Waals surface area (Å²) in [6.45, 7) is 5.97. The van der Waals surface area contributed by atoms with Crippen molar-refractivity contribution in [2.75, 3.05) is 6.61 Å². The van der Waals surface area contributed by atoms with Crippen molar-refractivity contribution in [3.05, 3.63) is 71.3 Å². The summed E-state index contributed by atoms with van der Waals surface area (Å²) in [6, 6.07) is 12.0. The van der Waals surface area contributed by atoms with Crippen molar-refractivity contribution >= 4 is 27.5 Å². The zero-order valence-electron chi connectivity index (χ0n) is 13.7. The highest BCUT2D eigenvalue weighted by molar-refractivity contribution is 7.16. The van der Waals surface area contributed by atoms with E-state index >= 15 is 0 Å². The molecule has 0 aliphatic heterocycles. The van der Waals surface area contributed by atoms with Crippen LogP contribution in [0.25, 0.3) is 10.2 Å². The van der Waals surface area contributed by atoms with Crippen molar-refractivity contribution in [1.82, 2.24) is 4.57 Å². The van der Waals surface area contributed by atoms with Crippen LogP contribution in [0.4, 0.5) is 4.39 Å². The van der Waals surface area contributed by atoms with Gasteiger partial charge in [-0.2, -0.15) is 4.99 Å². The molecule has 0 atom stereocenters. The molecule has 0 fully saturated rings. The van der Waals surface area contributed by atoms with Gasteiger partial charge >= 0.3 is 0 Å². The Morgan fingerprint density at radius 3 is 2.92 bits per heavy atom. The maximum absolute atomic E-state index is 13.4. The predicted octanol–water partition coefficient (Wildman–Crippen LogP) is 3.84. The molecule has 128 valence electrons. The minimum Gasteiger partial charge on any atom is -0.483 e. The number of nitrogens with zero attached hydrogens (tertiary/aromatic N) is 2. The van der Waals surface area contributed by atoms with Gasteiger partial charge in [0.15, 0.2) is 11.4 Å². The molecular weight excluding hydrogens is 339 g/mol. The Hall–Kier alpha value is -2.73. The molecule has 1 heterocycles. The molecule has 0 spiro atoms. The SMILES string of the molecule is C=CCn1c(=NC(=O)COc2ccccc2C)sc2cc(F)ccc21. The standard InChI is InChI=1S/C19H17FN2O2S/c1-3-10-22-15-9-8-14(20)11-17(15)25-19(22)21-18(23)12-24-16-7-5-4-6-13(16)2/h3-9,11H,1,10,12H2,2H3. The largest absolute Gasteiger partial charge is 0.483 e. The molecule has 0 unspecified atom stereocenters. The summed E-state index contributed by atoms with van der Waals surface area (Å²) in [4.78, 5) is 16.8. The Morgan fingerprint density at radius 2 is 2.16 bits per heavy atom. The first kappa shape index (κ1) is 17.1. The van der Waals surface area contributed by atoms with E-state index in [0.717, 1.165) is 15.8 Å². The zero-order valence-corrected chi connectivity index (χ0v) is 14.6. The number of fused-ring (bicyclic) bond motifs is 1. The molecule has 0 aliphatic rings. The monoisotopic (exact) mass is 356 g/mol. The summed E-state index contributed by atoms with van der Waals surface area (Å²) in [7, 11) is 0. The number of carbonyl (C=O) groups is 1. The Morgan fingerprint density at radius 1 is 1.36 bits per heavy atom. The van der Waals surface area contributed by atoms with Crippen LogP contribution in [-0.4, -0.2) is 17.1 Å². The van der Waals surface area contributed by atoms with E-state index in [2.05, 4.69) is 11.6 Å². The van der Waals surface area contributed by atoms with E-state index in [9.17, 15) is 9.18 Å². The van der Waals surface area contributed by atoms with Gasteiger partial charge in [-0.05, 0) is 36.8 Å². The quantitative estimate of drug-likeness (QED) is 0.652. The first-order valence-electron chi connectivity index (χ1n) is 7.74. The van der Waals surface area contributed by atoms with Crippen molar-refractivity contribution in [3.63, 3.8) is 0 Å². The molecule has 0 N–H and O–H groups in total. The van der Waals surface area contributed by atoms with Crippen LogP contribution in [0.2, 0.25) is 0 Å². The normalized spacial score (nSPS) is 11.7. The lowest BCUT2D eigenvalue weighted by atomic mass is 10.2. The van der Waals surface area contributed by atoms with Gasteiger partial charge in [-0.3, -0.25) is 4.79 Å². The first-order valence-corrected chi connectivity index (χ1v) is 8.56. The topological polar surface area (TPSA) is 43.6 Å². The fourth-order valence-electron chi connectivity index (χ4n) is 2.43. The minimum absolute atomic E-state index is 0.151. The zero-order chi connectivity index (χ0) is 17.8. The van der Waals surface area contributed by atoms with E-state index in [0.29, 0.717) is 17.1 Å². The number of ether oxygens (including phenoxy) is 1. The lowest BCUT2D eigenvalue weighted by Gasteiger charge is -2.06. The molecule has 3 rings (SSSR count). The van der Waals surface area contributed by atoms with Crippen LogP contribution in [0.15, 0.2) is 60.1 Å². The van der Waals surface area contributed by atoms with E-state index < -0.39 is 5.91 Å². The van der Waals surface area contributed by atoms with Crippen LogP contribution < -0.4 is 9.54 Å². The second-order valence-electron chi connectivity index (χ2n) is 5.46. The maximum atomic E-state index is 13.4. The van der Waals surface area contributed by atoms with Crippen molar-refractivity contribution in [2.24, 2.45) is 4.99 Å². The number of amides is 1. The smallest absolute Gasteiger partial charge is 0.286 e. The number of para-hydroxylation sites is 1. The van der Waals surface area contributed by atoms with Gasteiger partial charge in [0.25, 0.3) is 5.91 Å². The Bertz CT molecular complexity index is 1000. The van der Waals surface area contributed by atoms with Gasteiger partial charge in [0.05, 0.1) is 10.2 Å². The summed E-state index contributed by atoms with van der Waals surface area (Å²) >= 11 is 1.26. The van der Waals surface area contributed by atoms with Crippen LogP contribution in [0.5, 0.6) is 5.75 Å². The van der Waals surface area contributed by atoms with E-state index in [4.69, 9.17) is 4.74 Å². The second-order valence-corrected chi connectivity index (χ2v) is 6.46. The number of allylic oxidation sites excluding steroid dienone is 1. The highest BCUT2D eigenvalue weighted by Crippen LogP contribution is 2.19. The molecule has 0 radical (unpaired) electrons. The number of benzene rings is 2. The van der Waals surface area contributed by atoms with E-state index in [1.807, 2.05) is 35.8 Å². The molecule has 4 nitrogen and oxygen atoms in total. The summed E-state index contributed by atoms with van der Waals surface area (Å²) in [5.41, 5.74) is 1.77. The fourth-order valence-corrected chi connectivity index (χ4v) is 3.52. The molecule has 1 aromatic heterocycles. The number of carbonyl (C=O) groups excluding carboxylic acids is 1. The molecule has 0 saturated carbocycles. The molecule has 25 heavy (non-hydrogen) atoms. The van der Waals surface area contributed by atoms with E-state index in [-0.39, 0.29) is 12.4 Å². The molecule has 0 aliphatic carbocycles. The molecule has 0 bridgehead atoms. The third-order valence-corrected chi connectivity index (χ3v) is 4.66. The number of thiazole rings is 1. The number of rotatable bonds is 5. The Balaban J connectivity index is 1.89. The Labute approximate surface area is 148 Å². The predicted molar refractivity (Wildman–Crippen MR) is 97.2 cm³/mol. The number of halogens is 1. The van der Waals surface area contributed by atoms with Crippen molar-refractivity contribution in [1.29, 1.82) is 0 Å². The molecule has 6 heteroatoms. The molecule has 1 amide bonds. The van der Waals surface area contributed by atoms with E-state index in [1.165, 1.54) is 23.5 Å². The molecule has 0 saturated heterocycles. The average Bonchev–Trinajstić information content (AvgIpc) is 2.91. The highest BCUT2D eigenvalue weighted by atomic mass is 32.1. The summed E-state index contributed by atoms with van der Waals surface area (Å²) < 4.78 is 21.5. The third-order valence-electron chi connectivity index (χ3n) is 3.62. The van der Waals surface area contributed by atoms with Crippen LogP contribution in [0.3, 0.4) is 0 Å². The summed E-state index contributed by atoms with van der Waals surface area (Å²) in [5, 5.41) is 0. The second kappa shape index (κ2) is 7.44. The van der Waals surface area contributed by atoms with Gasteiger partial charge in [0, 0.05) is 6.54 Å². The lowest BCUT2D eigenvalue weighted by molar-refractivity contribution is -0.120. The first-order chi connectivity index (χ1) is 12.1. The lowest BCUT2D eigenvalue weighted by Crippen LogP contribution is -2.19. The van der Waals surface area contributed by atoms with Crippen molar-refractivity contribution in [3.8, 4) is 5.75 Å². The van der Waals surface area contributed by atoms with Crippen molar-refractivity contribution < 1.29 is 13.9 Å². The van der Waals surface area contributed by atoms with Gasteiger partial charge in [-0.1, -0.05) is 35.6 Å². The van der Waals surface area contributed by atoms with Gasteiger partial charge in [-0.25, -0.2) is 4.39 Å². The van der Waals surface area contributed by atoms with Crippen molar-refractivity contribution in [2.45, 2.75) is 13.5 Å². The number of hydrogen-bond acceptors (Lipinski definition) is 3. The van der Waals surface area contributed by atoms with E-state index in [1.54, 1.807) is 12.1 Å². The maximum Gasteiger partial charge on any atom is 0.286 e. The Kier molecular flexibility index (Phi) is 5.09. The van der Waals surface area contributed by atoms with Crippen LogP contribution in [0, 0.1) is 12.7 Å². The minimum atomic E-state index is -0.395. The van der Waals surface area contributed by atoms with Crippen LogP contribution in [-0.2, 0) is 11.3 Å². The number of aryl methyl sites for hydroxylation is 1. The van der Waals surface area contributed by atoms with Crippen LogP contribution >= 0.6 is 11.3 Å². The number of aromatic nitrogens is 1. The molecule has 3 aromatic rings. The highest BCUT2D eigenvalue weighted by Gasteiger charge is 2.09.